The Hall–Kier alpha value is -2.18. The van der Waals surface area contributed by atoms with E-state index in [2.05, 4.69) is 41.2 Å². The summed E-state index contributed by atoms with van der Waals surface area (Å²) in [5, 5.41) is 8.71. The van der Waals surface area contributed by atoms with Crippen molar-refractivity contribution in [3.8, 4) is 0 Å². The molecule has 2 aromatic rings. The summed E-state index contributed by atoms with van der Waals surface area (Å²) in [6, 6.07) is 0. The van der Waals surface area contributed by atoms with Gasteiger partial charge in [-0.15, -0.1) is 0 Å². The number of anilines is 1. The molecule has 0 bridgehead atoms. The van der Waals surface area contributed by atoms with E-state index in [1.807, 2.05) is 11.6 Å². The fraction of sp³-hybridized carbons (Fsp3) is 0.667. The summed E-state index contributed by atoms with van der Waals surface area (Å²) in [5.74, 6) is 0.617. The highest BCUT2D eigenvalue weighted by Gasteiger charge is 2.42. The number of carbonyl (C=O) groups excluding carboxylic acids is 1. The minimum atomic E-state index is -0.451. The van der Waals surface area contributed by atoms with Crippen molar-refractivity contribution in [1.82, 2.24) is 19.7 Å². The van der Waals surface area contributed by atoms with Gasteiger partial charge in [-0.05, 0) is 40.5 Å². The molecule has 0 radical (unpaired) electrons. The van der Waals surface area contributed by atoms with Crippen LogP contribution in [0.1, 0.15) is 53.4 Å². The summed E-state index contributed by atoms with van der Waals surface area (Å²) in [7, 11) is 0. The predicted octanol–water partition coefficient (Wildman–Crippen LogP) is 3.12. The van der Waals surface area contributed by atoms with Crippen molar-refractivity contribution in [3.05, 3.63) is 12.5 Å². The van der Waals surface area contributed by atoms with Gasteiger partial charge in [0, 0.05) is 6.54 Å². The van der Waals surface area contributed by atoms with Crippen LogP contribution in [0, 0.1) is 5.41 Å². The quantitative estimate of drug-likeness (QED) is 0.839. The first kappa shape index (κ1) is 17.6. The van der Waals surface area contributed by atoms with Gasteiger partial charge in [-0.25, -0.2) is 14.6 Å². The molecule has 0 aliphatic heterocycles. The number of nitrogens with zero attached hydrogens (tertiary/aromatic N) is 4. The van der Waals surface area contributed by atoms with Crippen LogP contribution in [0.5, 0.6) is 0 Å². The fourth-order valence-electron chi connectivity index (χ4n) is 3.52. The Labute approximate surface area is 148 Å². The molecule has 1 N–H and O–H groups in total. The van der Waals surface area contributed by atoms with E-state index >= 15 is 0 Å². The SMILES string of the molecule is CCOC(=O)C1(CNc2ncnc3c2cnn3C(C)(C)C)CCCC1. The topological polar surface area (TPSA) is 81.9 Å². The monoisotopic (exact) mass is 345 g/mol. The van der Waals surface area contributed by atoms with Crippen molar-refractivity contribution in [1.29, 1.82) is 0 Å². The summed E-state index contributed by atoms with van der Waals surface area (Å²) in [4.78, 5) is 21.2. The second-order valence-corrected chi connectivity index (χ2v) is 7.75. The number of carbonyl (C=O) groups is 1. The van der Waals surface area contributed by atoms with Gasteiger partial charge in [0.1, 0.15) is 12.1 Å². The van der Waals surface area contributed by atoms with Gasteiger partial charge in [0.15, 0.2) is 5.65 Å². The molecule has 0 spiro atoms. The average molecular weight is 345 g/mol. The highest BCUT2D eigenvalue weighted by molar-refractivity contribution is 5.86. The second-order valence-electron chi connectivity index (χ2n) is 7.75. The first-order valence-corrected chi connectivity index (χ1v) is 8.98. The first-order chi connectivity index (χ1) is 11.9. The zero-order valence-electron chi connectivity index (χ0n) is 15.5. The molecule has 1 fully saturated rings. The van der Waals surface area contributed by atoms with Crippen LogP contribution in [-0.4, -0.2) is 38.9 Å². The lowest BCUT2D eigenvalue weighted by Gasteiger charge is -2.27. The standard InChI is InChI=1S/C18H27N5O2/c1-5-25-16(24)18(8-6-7-9-18)11-19-14-13-10-22-23(17(2,3)4)15(13)21-12-20-14/h10,12H,5-9,11H2,1-4H3,(H,19,20,21). The van der Waals surface area contributed by atoms with Gasteiger partial charge in [-0.2, -0.15) is 5.10 Å². The Balaban J connectivity index is 1.86. The molecule has 0 atom stereocenters. The van der Waals surface area contributed by atoms with Crippen molar-refractivity contribution in [2.75, 3.05) is 18.5 Å². The van der Waals surface area contributed by atoms with Crippen LogP contribution in [-0.2, 0) is 15.1 Å². The molecule has 1 saturated carbocycles. The maximum Gasteiger partial charge on any atom is 0.313 e. The Kier molecular flexibility index (Phi) is 4.67. The van der Waals surface area contributed by atoms with Gasteiger partial charge in [0.25, 0.3) is 0 Å². The maximum atomic E-state index is 12.5. The van der Waals surface area contributed by atoms with Crippen molar-refractivity contribution in [2.24, 2.45) is 5.41 Å². The Morgan fingerprint density at radius 2 is 2.04 bits per heavy atom. The lowest BCUT2D eigenvalue weighted by molar-refractivity contribution is -0.154. The highest BCUT2D eigenvalue weighted by atomic mass is 16.5. The Bertz CT molecular complexity index is 756. The minimum Gasteiger partial charge on any atom is -0.466 e. The largest absolute Gasteiger partial charge is 0.466 e. The molecule has 0 amide bonds. The van der Waals surface area contributed by atoms with Gasteiger partial charge in [0.2, 0.25) is 0 Å². The number of esters is 1. The Morgan fingerprint density at radius 1 is 1.32 bits per heavy atom. The van der Waals surface area contributed by atoms with Crippen LogP contribution in [0.4, 0.5) is 5.82 Å². The number of hydrogen-bond acceptors (Lipinski definition) is 6. The molecular formula is C18H27N5O2. The fourth-order valence-corrected chi connectivity index (χ4v) is 3.52. The van der Waals surface area contributed by atoms with Gasteiger partial charge >= 0.3 is 5.97 Å². The highest BCUT2D eigenvalue weighted by Crippen LogP contribution is 2.39. The predicted molar refractivity (Wildman–Crippen MR) is 96.3 cm³/mol. The maximum absolute atomic E-state index is 12.5. The van der Waals surface area contributed by atoms with E-state index in [1.54, 1.807) is 12.5 Å². The smallest absolute Gasteiger partial charge is 0.313 e. The van der Waals surface area contributed by atoms with E-state index < -0.39 is 5.41 Å². The van der Waals surface area contributed by atoms with Crippen LogP contribution in [0.25, 0.3) is 11.0 Å². The number of fused-ring (bicyclic) bond motifs is 1. The number of nitrogens with one attached hydrogen (secondary N) is 1. The molecule has 136 valence electrons. The van der Waals surface area contributed by atoms with Crippen molar-refractivity contribution >= 4 is 22.8 Å². The molecule has 7 nitrogen and oxygen atoms in total. The zero-order valence-corrected chi connectivity index (χ0v) is 15.5. The Morgan fingerprint density at radius 3 is 2.68 bits per heavy atom. The van der Waals surface area contributed by atoms with Gasteiger partial charge in [-0.3, -0.25) is 4.79 Å². The van der Waals surface area contributed by atoms with Gasteiger partial charge in [0.05, 0.1) is 29.1 Å². The van der Waals surface area contributed by atoms with E-state index in [0.29, 0.717) is 13.2 Å². The molecule has 0 aromatic carbocycles. The summed E-state index contributed by atoms with van der Waals surface area (Å²) < 4.78 is 7.22. The summed E-state index contributed by atoms with van der Waals surface area (Å²) in [6.45, 7) is 9.05. The molecule has 7 heteroatoms. The molecular weight excluding hydrogens is 318 g/mol. The second kappa shape index (κ2) is 6.61. The summed E-state index contributed by atoms with van der Waals surface area (Å²) in [6.07, 6.45) is 7.15. The molecule has 1 aliphatic rings. The lowest BCUT2D eigenvalue weighted by atomic mass is 9.86. The molecule has 2 heterocycles. The summed E-state index contributed by atoms with van der Waals surface area (Å²) >= 11 is 0. The van der Waals surface area contributed by atoms with Crippen LogP contribution in [0.15, 0.2) is 12.5 Å². The third kappa shape index (κ3) is 3.32. The third-order valence-electron chi connectivity index (χ3n) is 4.86. The van der Waals surface area contributed by atoms with E-state index in [9.17, 15) is 4.79 Å². The van der Waals surface area contributed by atoms with E-state index in [1.165, 1.54) is 0 Å². The number of rotatable bonds is 5. The number of aromatic nitrogens is 4. The third-order valence-corrected chi connectivity index (χ3v) is 4.86. The molecule has 0 unspecified atom stereocenters. The molecule has 1 aliphatic carbocycles. The van der Waals surface area contributed by atoms with E-state index in [4.69, 9.17) is 4.74 Å². The van der Waals surface area contributed by atoms with Crippen molar-refractivity contribution in [2.45, 2.75) is 58.9 Å². The van der Waals surface area contributed by atoms with Gasteiger partial charge < -0.3 is 10.1 Å². The zero-order chi connectivity index (χ0) is 18.1. The lowest BCUT2D eigenvalue weighted by Crippen LogP contribution is -2.37. The number of hydrogen-bond donors (Lipinski definition) is 1. The van der Waals surface area contributed by atoms with Crippen LogP contribution >= 0.6 is 0 Å². The van der Waals surface area contributed by atoms with Crippen LogP contribution < -0.4 is 5.32 Å². The number of ether oxygens (including phenoxy) is 1. The van der Waals surface area contributed by atoms with Crippen LogP contribution in [0.3, 0.4) is 0 Å². The van der Waals surface area contributed by atoms with Crippen molar-refractivity contribution in [3.63, 3.8) is 0 Å². The molecule has 2 aromatic heterocycles. The van der Waals surface area contributed by atoms with Crippen molar-refractivity contribution < 1.29 is 9.53 Å². The molecule has 0 saturated heterocycles. The average Bonchev–Trinajstić information content (AvgIpc) is 3.20. The van der Waals surface area contributed by atoms with E-state index in [-0.39, 0.29) is 11.5 Å². The molecule has 3 rings (SSSR count). The summed E-state index contributed by atoms with van der Waals surface area (Å²) in [5.41, 5.74) is 0.180. The molecule has 25 heavy (non-hydrogen) atoms. The normalized spacial score (nSPS) is 17.0. The van der Waals surface area contributed by atoms with Gasteiger partial charge in [-0.1, -0.05) is 12.8 Å². The first-order valence-electron chi connectivity index (χ1n) is 8.98. The van der Waals surface area contributed by atoms with E-state index in [0.717, 1.165) is 42.5 Å². The van der Waals surface area contributed by atoms with Crippen LogP contribution in [0.2, 0.25) is 0 Å². The minimum absolute atomic E-state index is 0.101.